The summed E-state index contributed by atoms with van der Waals surface area (Å²) in [5.74, 6) is 0.877. The van der Waals surface area contributed by atoms with Crippen LogP contribution in [0.3, 0.4) is 0 Å². The summed E-state index contributed by atoms with van der Waals surface area (Å²) < 4.78 is 5.55. The maximum absolute atomic E-state index is 10.8. The van der Waals surface area contributed by atoms with Crippen LogP contribution in [0.2, 0.25) is 0 Å². The van der Waals surface area contributed by atoms with Crippen LogP contribution < -0.4 is 5.32 Å². The maximum atomic E-state index is 10.8. The van der Waals surface area contributed by atoms with Crippen LogP contribution in [0.15, 0.2) is 22.6 Å². The Bertz CT molecular complexity index is 593. The molecule has 0 fully saturated rings. The van der Waals surface area contributed by atoms with Crippen molar-refractivity contribution in [3.63, 3.8) is 0 Å². The third-order valence-electron chi connectivity index (χ3n) is 2.64. The zero-order chi connectivity index (χ0) is 13.8. The molecular formula is C13H15N3O3. The highest BCUT2D eigenvalue weighted by Gasteiger charge is 2.09. The number of pyridine rings is 1. The number of carboxylic acid groups (broad SMARTS) is 1. The molecule has 2 aromatic heterocycles. The molecule has 0 aliphatic rings. The van der Waals surface area contributed by atoms with Gasteiger partial charge in [0.1, 0.15) is 11.6 Å². The van der Waals surface area contributed by atoms with Gasteiger partial charge in [0.05, 0.1) is 12.2 Å². The van der Waals surface area contributed by atoms with Gasteiger partial charge in [-0.2, -0.15) is 0 Å². The number of aromatic nitrogens is 2. The molecule has 0 radical (unpaired) electrons. The van der Waals surface area contributed by atoms with Gasteiger partial charge in [-0.05, 0) is 19.1 Å². The fraction of sp³-hybridized carbons (Fsp3) is 0.308. The second-order valence-electron chi connectivity index (χ2n) is 4.04. The molecule has 0 spiro atoms. The Hall–Kier alpha value is -2.37. The Balaban J connectivity index is 2.07. The van der Waals surface area contributed by atoms with E-state index < -0.39 is 5.97 Å². The lowest BCUT2D eigenvalue weighted by Crippen LogP contribution is -2.05. The normalized spacial score (nSPS) is 10.4. The lowest BCUT2D eigenvalue weighted by Gasteiger charge is -2.04. The van der Waals surface area contributed by atoms with Crippen molar-refractivity contribution in [3.05, 3.63) is 41.2 Å². The molecule has 0 aliphatic heterocycles. The molecule has 0 aliphatic carbocycles. The van der Waals surface area contributed by atoms with Gasteiger partial charge in [0, 0.05) is 6.42 Å². The molecule has 0 saturated heterocycles. The zero-order valence-corrected chi connectivity index (χ0v) is 10.8. The highest BCUT2D eigenvalue weighted by atomic mass is 16.4. The minimum Gasteiger partial charge on any atom is -0.477 e. The number of rotatable bonds is 5. The first kappa shape index (κ1) is 13.1. The summed E-state index contributed by atoms with van der Waals surface area (Å²) in [4.78, 5) is 19.0. The van der Waals surface area contributed by atoms with Gasteiger partial charge in [-0.1, -0.05) is 13.0 Å². The van der Waals surface area contributed by atoms with Gasteiger partial charge in [-0.25, -0.2) is 14.8 Å². The number of carboxylic acids is 1. The van der Waals surface area contributed by atoms with Crippen LogP contribution >= 0.6 is 0 Å². The molecule has 6 heteroatoms. The molecule has 0 saturated carbocycles. The van der Waals surface area contributed by atoms with E-state index in [2.05, 4.69) is 15.3 Å². The van der Waals surface area contributed by atoms with Gasteiger partial charge in [-0.3, -0.25) is 0 Å². The van der Waals surface area contributed by atoms with Gasteiger partial charge in [0.25, 0.3) is 0 Å². The average Bonchev–Trinajstić information content (AvgIpc) is 2.77. The van der Waals surface area contributed by atoms with E-state index in [9.17, 15) is 4.79 Å². The van der Waals surface area contributed by atoms with Gasteiger partial charge in [0.15, 0.2) is 11.6 Å². The van der Waals surface area contributed by atoms with Crippen molar-refractivity contribution < 1.29 is 14.3 Å². The summed E-state index contributed by atoms with van der Waals surface area (Å²) in [7, 11) is 0. The van der Waals surface area contributed by atoms with Gasteiger partial charge < -0.3 is 14.8 Å². The summed E-state index contributed by atoms with van der Waals surface area (Å²) >= 11 is 0. The van der Waals surface area contributed by atoms with Crippen LogP contribution in [0.5, 0.6) is 0 Å². The van der Waals surface area contributed by atoms with Crippen LogP contribution in [0, 0.1) is 6.92 Å². The van der Waals surface area contributed by atoms with Gasteiger partial charge in [0.2, 0.25) is 0 Å². The summed E-state index contributed by atoms with van der Waals surface area (Å²) in [5.41, 5.74) is 0.840. The summed E-state index contributed by atoms with van der Waals surface area (Å²) in [5, 5.41) is 11.9. The fourth-order valence-corrected chi connectivity index (χ4v) is 1.63. The molecular weight excluding hydrogens is 246 g/mol. The highest BCUT2D eigenvalue weighted by Crippen LogP contribution is 2.13. The largest absolute Gasteiger partial charge is 0.477 e. The number of anilines is 1. The Morgan fingerprint density at radius 3 is 2.84 bits per heavy atom. The van der Waals surface area contributed by atoms with E-state index in [0.29, 0.717) is 18.3 Å². The van der Waals surface area contributed by atoms with Crippen LogP contribution in [0.1, 0.15) is 34.8 Å². The predicted molar refractivity (Wildman–Crippen MR) is 69.1 cm³/mol. The number of carbonyl (C=O) groups is 1. The highest BCUT2D eigenvalue weighted by molar-refractivity contribution is 5.85. The molecule has 0 bridgehead atoms. The SMILES string of the molecule is CCc1nc(C)c(CNc2cccc(C(=O)O)n2)o1. The topological polar surface area (TPSA) is 88.2 Å². The van der Waals surface area contributed by atoms with Crippen molar-refractivity contribution >= 4 is 11.8 Å². The van der Waals surface area contributed by atoms with E-state index in [1.807, 2.05) is 13.8 Å². The molecule has 2 N–H and O–H groups in total. The standard InChI is InChI=1S/C13H15N3O3/c1-3-12-15-8(2)10(19-12)7-14-11-6-4-5-9(16-11)13(17)18/h4-6H,3,7H2,1-2H3,(H,14,16)(H,17,18). The van der Waals surface area contributed by atoms with Crippen molar-refractivity contribution in [3.8, 4) is 0 Å². The van der Waals surface area contributed by atoms with E-state index in [-0.39, 0.29) is 5.69 Å². The van der Waals surface area contributed by atoms with Crippen LogP contribution in [-0.4, -0.2) is 21.0 Å². The molecule has 19 heavy (non-hydrogen) atoms. The van der Waals surface area contributed by atoms with E-state index in [1.165, 1.54) is 6.07 Å². The van der Waals surface area contributed by atoms with Crippen molar-refractivity contribution in [2.24, 2.45) is 0 Å². The number of hydrogen-bond acceptors (Lipinski definition) is 5. The quantitative estimate of drug-likeness (QED) is 0.858. The first-order valence-electron chi connectivity index (χ1n) is 5.99. The molecule has 0 unspecified atom stereocenters. The summed E-state index contributed by atoms with van der Waals surface area (Å²) in [6, 6.07) is 4.80. The minimum absolute atomic E-state index is 0.00791. The van der Waals surface area contributed by atoms with Crippen molar-refractivity contribution in [2.75, 3.05) is 5.32 Å². The van der Waals surface area contributed by atoms with Crippen LogP contribution in [0.4, 0.5) is 5.82 Å². The second-order valence-corrected chi connectivity index (χ2v) is 4.04. The Morgan fingerprint density at radius 2 is 2.21 bits per heavy atom. The first-order valence-corrected chi connectivity index (χ1v) is 5.99. The zero-order valence-electron chi connectivity index (χ0n) is 10.8. The molecule has 6 nitrogen and oxygen atoms in total. The van der Waals surface area contributed by atoms with E-state index in [4.69, 9.17) is 9.52 Å². The molecule has 100 valence electrons. The number of aromatic carboxylic acids is 1. The maximum Gasteiger partial charge on any atom is 0.354 e. The molecule has 2 aromatic rings. The van der Waals surface area contributed by atoms with Gasteiger partial charge in [-0.15, -0.1) is 0 Å². The smallest absolute Gasteiger partial charge is 0.354 e. The fourth-order valence-electron chi connectivity index (χ4n) is 1.63. The Kier molecular flexibility index (Phi) is 3.79. The van der Waals surface area contributed by atoms with Gasteiger partial charge >= 0.3 is 5.97 Å². The lowest BCUT2D eigenvalue weighted by atomic mass is 10.3. The third-order valence-corrected chi connectivity index (χ3v) is 2.64. The molecule has 0 amide bonds. The number of aryl methyl sites for hydroxylation is 2. The number of oxazole rings is 1. The minimum atomic E-state index is -1.05. The van der Waals surface area contributed by atoms with E-state index in [1.54, 1.807) is 12.1 Å². The summed E-state index contributed by atoms with van der Waals surface area (Å²) in [6.45, 7) is 4.27. The average molecular weight is 261 g/mol. The first-order chi connectivity index (χ1) is 9.10. The van der Waals surface area contributed by atoms with Crippen molar-refractivity contribution in [1.29, 1.82) is 0 Å². The Morgan fingerprint density at radius 1 is 1.42 bits per heavy atom. The molecule has 0 atom stereocenters. The molecule has 2 heterocycles. The van der Waals surface area contributed by atoms with Crippen LogP contribution in [-0.2, 0) is 13.0 Å². The van der Waals surface area contributed by atoms with E-state index in [0.717, 1.165) is 17.9 Å². The van der Waals surface area contributed by atoms with Crippen molar-refractivity contribution in [1.82, 2.24) is 9.97 Å². The lowest BCUT2D eigenvalue weighted by molar-refractivity contribution is 0.0690. The predicted octanol–water partition coefficient (Wildman–Crippen LogP) is 2.25. The third kappa shape index (κ3) is 3.09. The van der Waals surface area contributed by atoms with E-state index >= 15 is 0 Å². The summed E-state index contributed by atoms with van der Waals surface area (Å²) in [6.07, 6.45) is 0.744. The number of nitrogens with one attached hydrogen (secondary N) is 1. The number of nitrogens with zero attached hydrogens (tertiary/aromatic N) is 2. The monoisotopic (exact) mass is 261 g/mol. The number of hydrogen-bond donors (Lipinski definition) is 2. The second kappa shape index (κ2) is 5.51. The Labute approximate surface area is 110 Å². The van der Waals surface area contributed by atoms with Crippen molar-refractivity contribution in [2.45, 2.75) is 26.8 Å². The van der Waals surface area contributed by atoms with Crippen LogP contribution in [0.25, 0.3) is 0 Å². The molecule has 2 rings (SSSR count). The molecule has 0 aromatic carbocycles.